The number of benzene rings is 2. The molecule has 0 saturated heterocycles. The lowest BCUT2D eigenvalue weighted by Gasteiger charge is -2.06. The second kappa shape index (κ2) is 8.70. The number of nitrogens with zero attached hydrogens (tertiary/aromatic N) is 2. The summed E-state index contributed by atoms with van der Waals surface area (Å²) in [5, 5.41) is 26.6. The topological polar surface area (TPSA) is 125 Å². The predicted molar refractivity (Wildman–Crippen MR) is 112 cm³/mol. The van der Waals surface area contributed by atoms with Gasteiger partial charge in [-0.15, -0.1) is 11.3 Å². The number of thiophene rings is 1. The molecule has 0 saturated carbocycles. The quantitative estimate of drug-likeness (QED) is 0.417. The van der Waals surface area contributed by atoms with Gasteiger partial charge in [-0.05, 0) is 43.0 Å². The number of hydrogen-bond donors (Lipinski definition) is 1. The molecule has 0 aliphatic heterocycles. The van der Waals surface area contributed by atoms with Crippen LogP contribution in [0.15, 0.2) is 47.8 Å². The zero-order valence-corrected chi connectivity index (χ0v) is 16.9. The van der Waals surface area contributed by atoms with E-state index in [0.717, 1.165) is 23.3 Å². The molecule has 0 atom stereocenters. The fourth-order valence-electron chi connectivity index (χ4n) is 2.77. The van der Waals surface area contributed by atoms with Crippen molar-refractivity contribution in [2.24, 2.45) is 0 Å². The third kappa shape index (κ3) is 4.78. The molecular formula is C20H17N3O6S. The van der Waals surface area contributed by atoms with Gasteiger partial charge >= 0.3 is 0 Å². The Kier molecular flexibility index (Phi) is 6.07. The van der Waals surface area contributed by atoms with E-state index in [9.17, 15) is 25.0 Å². The van der Waals surface area contributed by atoms with Crippen molar-refractivity contribution in [3.05, 3.63) is 89.6 Å². The van der Waals surface area contributed by atoms with Crippen LogP contribution in [0.1, 0.15) is 26.4 Å². The first kappa shape index (κ1) is 20.9. The number of ether oxygens (including phenoxy) is 1. The number of aryl methyl sites for hydroxylation is 1. The van der Waals surface area contributed by atoms with E-state index in [1.54, 1.807) is 11.4 Å². The van der Waals surface area contributed by atoms with E-state index in [0.29, 0.717) is 10.6 Å². The normalized spacial score (nSPS) is 10.5. The van der Waals surface area contributed by atoms with E-state index in [1.807, 2.05) is 31.2 Å². The number of hydrogen-bond acceptors (Lipinski definition) is 7. The lowest BCUT2D eigenvalue weighted by Crippen LogP contribution is -2.11. The number of rotatable bonds is 7. The Bertz CT molecular complexity index is 1110. The molecule has 0 fully saturated rings. The van der Waals surface area contributed by atoms with Crippen LogP contribution in [0.5, 0.6) is 5.75 Å². The van der Waals surface area contributed by atoms with Crippen LogP contribution in [0.3, 0.4) is 0 Å². The Labute approximate surface area is 175 Å². The van der Waals surface area contributed by atoms with Gasteiger partial charge in [0.2, 0.25) is 0 Å². The number of nitro benzene ring substituents is 2. The van der Waals surface area contributed by atoms with Gasteiger partial charge in [-0.3, -0.25) is 25.0 Å². The lowest BCUT2D eigenvalue weighted by molar-refractivity contribution is -0.395. The Morgan fingerprint density at radius 1 is 1.07 bits per heavy atom. The second-order valence-electron chi connectivity index (χ2n) is 6.53. The monoisotopic (exact) mass is 427 g/mol. The van der Waals surface area contributed by atoms with Crippen molar-refractivity contribution in [2.45, 2.75) is 20.5 Å². The lowest BCUT2D eigenvalue weighted by atomic mass is 10.1. The van der Waals surface area contributed by atoms with Crippen LogP contribution in [0.4, 0.5) is 17.1 Å². The number of carbonyl (C=O) groups excluding carboxylic acids is 1. The average molecular weight is 427 g/mol. The third-order valence-corrected chi connectivity index (χ3v) is 5.25. The summed E-state index contributed by atoms with van der Waals surface area (Å²) in [4.78, 5) is 33.8. The highest BCUT2D eigenvalue weighted by Gasteiger charge is 2.24. The van der Waals surface area contributed by atoms with Crippen LogP contribution in [-0.4, -0.2) is 15.8 Å². The van der Waals surface area contributed by atoms with Gasteiger partial charge in [0.1, 0.15) is 17.9 Å². The number of carbonyl (C=O) groups is 1. The maximum atomic E-state index is 12.5. The van der Waals surface area contributed by atoms with Gasteiger partial charge in [-0.2, -0.15) is 0 Å². The summed E-state index contributed by atoms with van der Waals surface area (Å²) in [7, 11) is 0. The minimum Gasteiger partial charge on any atom is -0.489 e. The number of nitro groups is 2. The third-order valence-electron chi connectivity index (χ3n) is 4.28. The molecule has 1 heterocycles. The van der Waals surface area contributed by atoms with Crippen LogP contribution < -0.4 is 10.1 Å². The molecule has 3 aromatic rings. The van der Waals surface area contributed by atoms with E-state index < -0.39 is 27.1 Å². The fraction of sp³-hybridized carbons (Fsp3) is 0.150. The van der Waals surface area contributed by atoms with Crippen molar-refractivity contribution >= 4 is 34.3 Å². The zero-order valence-electron chi connectivity index (χ0n) is 16.1. The van der Waals surface area contributed by atoms with Crippen LogP contribution in [-0.2, 0) is 6.61 Å². The van der Waals surface area contributed by atoms with Gasteiger partial charge < -0.3 is 10.1 Å². The molecule has 2 aromatic carbocycles. The van der Waals surface area contributed by atoms with E-state index in [1.165, 1.54) is 18.3 Å². The summed E-state index contributed by atoms with van der Waals surface area (Å²) in [6.45, 7) is 3.52. The molecule has 154 valence electrons. The minimum atomic E-state index is -0.718. The number of nitrogens with one attached hydrogen (secondary N) is 1. The highest BCUT2D eigenvalue weighted by Crippen LogP contribution is 2.32. The SMILES string of the molecule is Cc1cccc(OCc2csc(C(=O)Nc3cc([N+](=O)[O-])c(C)c([N+](=O)[O-])c3)c2)c1. The Morgan fingerprint density at radius 2 is 1.73 bits per heavy atom. The maximum absolute atomic E-state index is 12.5. The first-order chi connectivity index (χ1) is 14.2. The molecule has 30 heavy (non-hydrogen) atoms. The maximum Gasteiger partial charge on any atom is 0.281 e. The van der Waals surface area contributed by atoms with Crippen molar-refractivity contribution < 1.29 is 19.4 Å². The Balaban J connectivity index is 1.74. The first-order valence-electron chi connectivity index (χ1n) is 8.76. The molecule has 3 rings (SSSR count). The van der Waals surface area contributed by atoms with E-state index in [4.69, 9.17) is 4.74 Å². The Hall–Kier alpha value is -3.79. The predicted octanol–water partition coefficient (Wildman–Crippen LogP) is 5.01. The largest absolute Gasteiger partial charge is 0.489 e. The van der Waals surface area contributed by atoms with Gasteiger partial charge in [0.15, 0.2) is 0 Å². The average Bonchev–Trinajstić information content (AvgIpc) is 3.16. The molecule has 10 heteroatoms. The molecular weight excluding hydrogens is 410 g/mol. The highest BCUT2D eigenvalue weighted by atomic mass is 32.1. The molecule has 0 unspecified atom stereocenters. The van der Waals surface area contributed by atoms with E-state index in [2.05, 4.69) is 5.32 Å². The van der Waals surface area contributed by atoms with Gasteiger partial charge in [0.05, 0.1) is 20.4 Å². The standard InChI is InChI=1S/C20H17N3O6S/c1-12-4-3-5-16(6-12)29-10-14-7-19(30-11-14)20(24)21-15-8-17(22(25)26)13(2)18(9-15)23(27)28/h3-9,11H,10H2,1-2H3,(H,21,24). The number of anilines is 1. The summed E-state index contributed by atoms with van der Waals surface area (Å²) in [5.74, 6) is 0.195. The van der Waals surface area contributed by atoms with E-state index >= 15 is 0 Å². The van der Waals surface area contributed by atoms with Crippen LogP contribution in [0.2, 0.25) is 0 Å². The summed E-state index contributed by atoms with van der Waals surface area (Å²) in [5.41, 5.74) is 0.896. The summed E-state index contributed by atoms with van der Waals surface area (Å²) in [6.07, 6.45) is 0. The number of amides is 1. The van der Waals surface area contributed by atoms with E-state index in [-0.39, 0.29) is 17.9 Å². The summed E-state index contributed by atoms with van der Waals surface area (Å²) < 4.78 is 5.71. The van der Waals surface area contributed by atoms with Gasteiger partial charge in [0, 0.05) is 17.7 Å². The van der Waals surface area contributed by atoms with Crippen molar-refractivity contribution in [1.29, 1.82) is 0 Å². The summed E-state index contributed by atoms with van der Waals surface area (Å²) >= 11 is 1.18. The molecule has 1 aromatic heterocycles. The van der Waals surface area contributed by atoms with Gasteiger partial charge in [-0.25, -0.2) is 0 Å². The molecule has 0 radical (unpaired) electrons. The second-order valence-corrected chi connectivity index (χ2v) is 7.44. The smallest absolute Gasteiger partial charge is 0.281 e. The zero-order chi connectivity index (χ0) is 21.8. The molecule has 0 bridgehead atoms. The van der Waals surface area contributed by atoms with Gasteiger partial charge in [-0.1, -0.05) is 12.1 Å². The molecule has 0 spiro atoms. The first-order valence-corrected chi connectivity index (χ1v) is 9.64. The highest BCUT2D eigenvalue weighted by molar-refractivity contribution is 7.12. The molecule has 0 aliphatic carbocycles. The summed E-state index contributed by atoms with van der Waals surface area (Å²) in [6, 6.07) is 11.4. The van der Waals surface area contributed by atoms with Crippen molar-refractivity contribution in [2.75, 3.05) is 5.32 Å². The molecule has 1 amide bonds. The van der Waals surface area contributed by atoms with Crippen molar-refractivity contribution in [3.63, 3.8) is 0 Å². The molecule has 1 N–H and O–H groups in total. The van der Waals surface area contributed by atoms with Crippen LogP contribution in [0, 0.1) is 34.1 Å². The van der Waals surface area contributed by atoms with Crippen molar-refractivity contribution in [3.8, 4) is 5.75 Å². The minimum absolute atomic E-state index is 0.0186. The van der Waals surface area contributed by atoms with Crippen LogP contribution in [0.25, 0.3) is 0 Å². The molecule has 9 nitrogen and oxygen atoms in total. The van der Waals surface area contributed by atoms with Crippen molar-refractivity contribution in [1.82, 2.24) is 0 Å². The Morgan fingerprint density at radius 3 is 2.33 bits per heavy atom. The molecule has 0 aliphatic rings. The van der Waals surface area contributed by atoms with Gasteiger partial charge in [0.25, 0.3) is 17.3 Å². The fourth-order valence-corrected chi connectivity index (χ4v) is 3.56. The van der Waals surface area contributed by atoms with Crippen LogP contribution >= 0.6 is 11.3 Å².